The van der Waals surface area contributed by atoms with E-state index in [4.69, 9.17) is 26.4 Å². The van der Waals surface area contributed by atoms with Crippen LogP contribution in [0.5, 0.6) is 11.5 Å². The summed E-state index contributed by atoms with van der Waals surface area (Å²) in [5.41, 5.74) is 1.96. The second-order valence-corrected chi connectivity index (χ2v) is 9.94. The highest BCUT2D eigenvalue weighted by Crippen LogP contribution is 2.36. The Morgan fingerprint density at radius 3 is 2.82 bits per heavy atom. The predicted octanol–water partition coefficient (Wildman–Crippen LogP) is 5.81. The molecule has 3 aromatic carbocycles. The molecule has 0 radical (unpaired) electrons. The summed E-state index contributed by atoms with van der Waals surface area (Å²) in [6, 6.07) is 20.1. The van der Waals surface area contributed by atoms with Gasteiger partial charge < -0.3 is 14.2 Å². The van der Waals surface area contributed by atoms with Crippen molar-refractivity contribution in [1.82, 2.24) is 4.90 Å². The summed E-state index contributed by atoms with van der Waals surface area (Å²) in [6.07, 6.45) is 3.92. The highest BCUT2D eigenvalue weighted by molar-refractivity contribution is 8.26. The third-order valence-electron chi connectivity index (χ3n) is 6.03. The Morgan fingerprint density at radius 1 is 1.15 bits per heavy atom. The number of benzene rings is 3. The van der Waals surface area contributed by atoms with E-state index in [2.05, 4.69) is 24.3 Å². The molecule has 1 atom stereocenters. The molecule has 1 amide bonds. The first kappa shape index (κ1) is 22.9. The monoisotopic (exact) mass is 491 g/mol. The maximum absolute atomic E-state index is 12.9. The summed E-state index contributed by atoms with van der Waals surface area (Å²) in [4.78, 5) is 15.2. The van der Waals surface area contributed by atoms with Gasteiger partial charge >= 0.3 is 0 Å². The molecule has 34 heavy (non-hydrogen) atoms. The van der Waals surface area contributed by atoms with Crippen molar-refractivity contribution >= 4 is 51.1 Å². The van der Waals surface area contributed by atoms with E-state index < -0.39 is 0 Å². The lowest BCUT2D eigenvalue weighted by atomic mass is 10.1. The highest BCUT2D eigenvalue weighted by atomic mass is 32.2. The van der Waals surface area contributed by atoms with Gasteiger partial charge in [0.1, 0.15) is 10.9 Å². The summed E-state index contributed by atoms with van der Waals surface area (Å²) in [5, 5.41) is 2.35. The number of carbonyl (C=O) groups excluding carboxylic acids is 1. The summed E-state index contributed by atoms with van der Waals surface area (Å²) in [5.74, 6) is 1.20. The van der Waals surface area contributed by atoms with Crippen LogP contribution in [-0.4, -0.2) is 41.5 Å². The normalized spacial score (nSPS) is 19.4. The first-order chi connectivity index (χ1) is 16.6. The zero-order chi connectivity index (χ0) is 23.5. The van der Waals surface area contributed by atoms with Crippen LogP contribution in [-0.2, 0) is 16.1 Å². The Balaban J connectivity index is 1.31. The van der Waals surface area contributed by atoms with Crippen molar-refractivity contribution in [3.63, 3.8) is 0 Å². The molecule has 2 fully saturated rings. The smallest absolute Gasteiger partial charge is 0.266 e. The van der Waals surface area contributed by atoms with E-state index in [-0.39, 0.29) is 12.0 Å². The minimum Gasteiger partial charge on any atom is -0.493 e. The maximum atomic E-state index is 12.9. The van der Waals surface area contributed by atoms with E-state index in [1.54, 1.807) is 12.0 Å². The van der Waals surface area contributed by atoms with Gasteiger partial charge in [-0.15, -0.1) is 0 Å². The zero-order valence-corrected chi connectivity index (χ0v) is 20.5. The molecule has 0 aromatic heterocycles. The summed E-state index contributed by atoms with van der Waals surface area (Å²) in [6.45, 7) is 1.70. The number of hydrogen-bond acceptors (Lipinski definition) is 6. The van der Waals surface area contributed by atoms with Gasteiger partial charge in [0.15, 0.2) is 11.5 Å². The van der Waals surface area contributed by atoms with Gasteiger partial charge in [-0.1, -0.05) is 72.5 Å². The summed E-state index contributed by atoms with van der Waals surface area (Å²) >= 11 is 6.78. The number of carbonyl (C=O) groups is 1. The largest absolute Gasteiger partial charge is 0.493 e. The number of rotatable bonds is 7. The molecule has 0 bridgehead atoms. The molecule has 0 spiro atoms. The first-order valence-electron chi connectivity index (χ1n) is 11.3. The molecule has 2 saturated heterocycles. The van der Waals surface area contributed by atoms with Crippen molar-refractivity contribution in [2.45, 2.75) is 25.6 Å². The molecule has 0 unspecified atom stereocenters. The molecule has 2 heterocycles. The van der Waals surface area contributed by atoms with Crippen LogP contribution in [0.2, 0.25) is 0 Å². The standard InChI is InChI=1S/C27H25NO4S2/c1-30-24-14-18(15-25-26(29)28(27(33)34-25)16-21-9-5-13-31-21)11-12-23(24)32-17-20-8-4-7-19-6-2-3-10-22(19)20/h2-4,6-8,10-12,14-15,21H,5,9,13,16-17H2,1H3/b25-15-/t21-/m1/s1. The van der Waals surface area contributed by atoms with Crippen molar-refractivity contribution < 1.29 is 19.0 Å². The number of ether oxygens (including phenoxy) is 3. The van der Waals surface area contributed by atoms with Crippen molar-refractivity contribution in [2.75, 3.05) is 20.3 Å². The Labute approximate surface area is 208 Å². The Kier molecular flexibility index (Phi) is 6.85. The number of thioether (sulfide) groups is 1. The molecule has 3 aromatic rings. The van der Waals surface area contributed by atoms with Crippen molar-refractivity contribution in [3.05, 3.63) is 76.7 Å². The van der Waals surface area contributed by atoms with Gasteiger partial charge in [-0.3, -0.25) is 9.69 Å². The fourth-order valence-corrected chi connectivity index (χ4v) is 5.54. The Hall–Kier alpha value is -2.87. The molecular weight excluding hydrogens is 466 g/mol. The molecule has 2 aliphatic heterocycles. The average Bonchev–Trinajstić information content (AvgIpc) is 3.47. The van der Waals surface area contributed by atoms with Crippen LogP contribution >= 0.6 is 24.0 Å². The lowest BCUT2D eigenvalue weighted by Crippen LogP contribution is -2.35. The van der Waals surface area contributed by atoms with Gasteiger partial charge in [-0.2, -0.15) is 0 Å². The lowest BCUT2D eigenvalue weighted by molar-refractivity contribution is -0.123. The lowest BCUT2D eigenvalue weighted by Gasteiger charge is -2.18. The molecule has 2 aliphatic rings. The van der Waals surface area contributed by atoms with E-state index in [0.717, 1.165) is 30.6 Å². The van der Waals surface area contributed by atoms with E-state index >= 15 is 0 Å². The van der Waals surface area contributed by atoms with E-state index in [9.17, 15) is 4.79 Å². The van der Waals surface area contributed by atoms with Gasteiger partial charge in [0.2, 0.25) is 0 Å². The fourth-order valence-electron chi connectivity index (χ4n) is 4.27. The zero-order valence-electron chi connectivity index (χ0n) is 18.9. The molecule has 5 nitrogen and oxygen atoms in total. The van der Waals surface area contributed by atoms with Gasteiger partial charge in [0, 0.05) is 6.61 Å². The number of methoxy groups -OCH3 is 1. The minimum absolute atomic E-state index is 0.0688. The van der Waals surface area contributed by atoms with Gasteiger partial charge in [0.25, 0.3) is 5.91 Å². The third-order valence-corrected chi connectivity index (χ3v) is 7.41. The maximum Gasteiger partial charge on any atom is 0.266 e. The molecule has 5 rings (SSSR count). The molecule has 174 valence electrons. The summed E-state index contributed by atoms with van der Waals surface area (Å²) < 4.78 is 18.0. The SMILES string of the molecule is COc1cc(/C=C2\SC(=S)N(C[C@H]3CCCO3)C2=O)ccc1OCc1cccc2ccccc12. The quantitative estimate of drug-likeness (QED) is 0.307. The van der Waals surface area contributed by atoms with Crippen molar-refractivity contribution in [2.24, 2.45) is 0 Å². The number of nitrogens with zero attached hydrogens (tertiary/aromatic N) is 1. The Bertz CT molecular complexity index is 1260. The molecule has 0 saturated carbocycles. The fraction of sp³-hybridized carbons (Fsp3) is 0.259. The van der Waals surface area contributed by atoms with Crippen LogP contribution in [0.4, 0.5) is 0 Å². The molecule has 0 N–H and O–H groups in total. The van der Waals surface area contributed by atoms with Gasteiger partial charge in [-0.05, 0) is 52.9 Å². The van der Waals surface area contributed by atoms with Gasteiger partial charge in [0.05, 0.1) is 24.7 Å². The van der Waals surface area contributed by atoms with Crippen LogP contribution in [0.1, 0.15) is 24.0 Å². The van der Waals surface area contributed by atoms with Crippen LogP contribution in [0.3, 0.4) is 0 Å². The Morgan fingerprint density at radius 2 is 2.00 bits per heavy atom. The van der Waals surface area contributed by atoms with E-state index in [1.165, 1.54) is 22.5 Å². The second kappa shape index (κ2) is 10.2. The van der Waals surface area contributed by atoms with E-state index in [0.29, 0.717) is 33.9 Å². The van der Waals surface area contributed by atoms with Gasteiger partial charge in [-0.25, -0.2) is 0 Å². The number of hydrogen-bond donors (Lipinski definition) is 0. The topological polar surface area (TPSA) is 48.0 Å². The molecule has 7 heteroatoms. The average molecular weight is 492 g/mol. The van der Waals surface area contributed by atoms with Crippen LogP contribution < -0.4 is 9.47 Å². The van der Waals surface area contributed by atoms with E-state index in [1.807, 2.05) is 42.5 Å². The first-order valence-corrected chi connectivity index (χ1v) is 12.5. The van der Waals surface area contributed by atoms with Crippen molar-refractivity contribution in [3.8, 4) is 11.5 Å². The number of amides is 1. The van der Waals surface area contributed by atoms with Crippen LogP contribution in [0.15, 0.2) is 65.6 Å². The molecular formula is C27H25NO4S2. The highest BCUT2D eigenvalue weighted by Gasteiger charge is 2.34. The summed E-state index contributed by atoms with van der Waals surface area (Å²) in [7, 11) is 1.62. The molecule has 0 aliphatic carbocycles. The predicted molar refractivity (Wildman–Crippen MR) is 140 cm³/mol. The number of fused-ring (bicyclic) bond motifs is 1. The number of thiocarbonyl (C=S) groups is 1. The minimum atomic E-state index is -0.0688. The second-order valence-electron chi connectivity index (χ2n) is 8.26. The van der Waals surface area contributed by atoms with Crippen LogP contribution in [0.25, 0.3) is 16.8 Å². The third kappa shape index (κ3) is 4.82. The van der Waals surface area contributed by atoms with Crippen LogP contribution in [0, 0.1) is 0 Å². The van der Waals surface area contributed by atoms with Crippen molar-refractivity contribution in [1.29, 1.82) is 0 Å².